The van der Waals surface area contributed by atoms with Crippen LogP contribution < -0.4 is 9.64 Å². The molecule has 7 heteroatoms. The Morgan fingerprint density at radius 1 is 1.25 bits per heavy atom. The van der Waals surface area contributed by atoms with Crippen LogP contribution in [0.25, 0.3) is 4.96 Å². The van der Waals surface area contributed by atoms with Crippen molar-refractivity contribution in [1.82, 2.24) is 14.6 Å². The largest absolute Gasteiger partial charge is 0.497 e. The molecule has 0 aliphatic carbocycles. The summed E-state index contributed by atoms with van der Waals surface area (Å²) in [4.78, 5) is 7.77. The Kier molecular flexibility index (Phi) is 5.29. The van der Waals surface area contributed by atoms with E-state index >= 15 is 0 Å². The summed E-state index contributed by atoms with van der Waals surface area (Å²) in [5.41, 5.74) is 1.19. The monoisotopic (exact) mass is 401 g/mol. The van der Waals surface area contributed by atoms with Gasteiger partial charge in [0, 0.05) is 23.8 Å². The van der Waals surface area contributed by atoms with Crippen LogP contribution in [0, 0.1) is 11.8 Å². The Labute approximate surface area is 169 Å². The molecule has 150 valence electrons. The van der Waals surface area contributed by atoms with Gasteiger partial charge in [-0.15, -0.1) is 5.10 Å². The number of hydrogen-bond donors (Lipinski definition) is 2. The average Bonchev–Trinajstić information content (AvgIpc) is 3.21. The van der Waals surface area contributed by atoms with E-state index in [1.807, 2.05) is 19.1 Å². The van der Waals surface area contributed by atoms with E-state index in [0.717, 1.165) is 40.9 Å². The minimum absolute atomic E-state index is 0.0645. The number of methoxy groups -OCH3 is 1. The van der Waals surface area contributed by atoms with Crippen molar-refractivity contribution in [2.75, 3.05) is 20.2 Å². The highest BCUT2D eigenvalue weighted by Gasteiger charge is 2.37. The molecule has 0 saturated carbocycles. The lowest BCUT2D eigenvalue weighted by molar-refractivity contribution is -0.936. The van der Waals surface area contributed by atoms with Gasteiger partial charge in [0.2, 0.25) is 10.8 Å². The summed E-state index contributed by atoms with van der Waals surface area (Å²) in [6.07, 6.45) is 2.03. The zero-order valence-corrected chi connectivity index (χ0v) is 17.8. The molecule has 6 nitrogen and oxygen atoms in total. The molecule has 0 radical (unpaired) electrons. The molecule has 0 spiro atoms. The van der Waals surface area contributed by atoms with Crippen molar-refractivity contribution in [3.8, 4) is 11.6 Å². The smallest absolute Gasteiger partial charge is 0.235 e. The predicted octanol–water partition coefficient (Wildman–Crippen LogP) is 2.72. The van der Waals surface area contributed by atoms with Gasteiger partial charge in [-0.25, -0.2) is 4.98 Å². The number of piperidine rings is 1. The third kappa shape index (κ3) is 3.49. The molecule has 0 amide bonds. The number of aromatic nitrogens is 3. The van der Waals surface area contributed by atoms with Gasteiger partial charge in [0.25, 0.3) is 0 Å². The molecule has 0 unspecified atom stereocenters. The number of nitrogens with one attached hydrogen (secondary N) is 1. The highest BCUT2D eigenvalue weighted by Crippen LogP contribution is 2.36. The van der Waals surface area contributed by atoms with Crippen LogP contribution in [0.2, 0.25) is 0 Å². The highest BCUT2D eigenvalue weighted by molar-refractivity contribution is 7.17. The van der Waals surface area contributed by atoms with Crippen molar-refractivity contribution in [2.24, 2.45) is 11.8 Å². The molecule has 1 aliphatic heterocycles. The number of thiazole rings is 1. The summed E-state index contributed by atoms with van der Waals surface area (Å²) in [6.45, 7) is 8.87. The van der Waals surface area contributed by atoms with E-state index in [-0.39, 0.29) is 11.9 Å². The lowest BCUT2D eigenvalue weighted by Crippen LogP contribution is -3.14. The van der Waals surface area contributed by atoms with Crippen molar-refractivity contribution in [3.63, 3.8) is 0 Å². The third-order valence-electron chi connectivity index (χ3n) is 5.71. The van der Waals surface area contributed by atoms with Crippen LogP contribution in [-0.4, -0.2) is 39.9 Å². The van der Waals surface area contributed by atoms with Crippen molar-refractivity contribution in [3.05, 3.63) is 40.5 Å². The predicted molar refractivity (Wildman–Crippen MR) is 110 cm³/mol. The Morgan fingerprint density at radius 2 is 1.93 bits per heavy atom. The first-order chi connectivity index (χ1) is 13.5. The molecule has 1 saturated heterocycles. The van der Waals surface area contributed by atoms with Gasteiger partial charge in [0.1, 0.15) is 10.6 Å². The van der Waals surface area contributed by atoms with Gasteiger partial charge in [-0.1, -0.05) is 32.1 Å². The zero-order chi connectivity index (χ0) is 19.8. The number of likely N-dealkylation sites (tertiary alicyclic amines) is 1. The average molecular weight is 402 g/mol. The van der Waals surface area contributed by atoms with Crippen LogP contribution in [0.15, 0.2) is 24.3 Å². The molecule has 3 heterocycles. The highest BCUT2D eigenvalue weighted by atomic mass is 32.1. The number of aromatic hydroxyl groups is 1. The molecule has 4 rings (SSSR count). The van der Waals surface area contributed by atoms with Gasteiger partial charge in [-0.2, -0.15) is 4.52 Å². The molecule has 3 atom stereocenters. The summed E-state index contributed by atoms with van der Waals surface area (Å²) in [5, 5.41) is 15.5. The molecule has 1 aromatic carbocycles. The minimum atomic E-state index is 0.0645. The second-order valence-corrected chi connectivity index (χ2v) is 9.09. The molecule has 1 fully saturated rings. The maximum absolute atomic E-state index is 11.0. The molecule has 2 aromatic heterocycles. The van der Waals surface area contributed by atoms with Crippen molar-refractivity contribution in [1.29, 1.82) is 0 Å². The van der Waals surface area contributed by atoms with Crippen molar-refractivity contribution in [2.45, 2.75) is 39.7 Å². The fourth-order valence-electron chi connectivity index (χ4n) is 4.57. The number of fused-ring (bicyclic) bond motifs is 1. The van der Waals surface area contributed by atoms with Gasteiger partial charge in [0.05, 0.1) is 20.2 Å². The zero-order valence-electron chi connectivity index (χ0n) is 17.0. The first-order valence-electron chi connectivity index (χ1n) is 10.1. The van der Waals surface area contributed by atoms with Gasteiger partial charge in [-0.3, -0.25) is 0 Å². The number of benzene rings is 1. The second kappa shape index (κ2) is 7.72. The molecule has 3 aromatic rings. The quantitative estimate of drug-likeness (QED) is 0.690. The fraction of sp³-hybridized carbons (Fsp3) is 0.524. The standard InChI is InChI=1S/C21H28N4O2S/c1-5-17-22-21-25(23-17)20(26)19(28-21)18(15-6-8-16(27-4)9-7-15)24-11-13(2)10-14(3)12-24/h6-9,13-14,18,26H,5,10-12H2,1-4H3/p+1/t13-,14-,18-/m0/s1. The van der Waals surface area contributed by atoms with Crippen molar-refractivity contribution < 1.29 is 14.7 Å². The van der Waals surface area contributed by atoms with Crippen LogP contribution in [0.3, 0.4) is 0 Å². The molecular formula is C21H29N4O2S+. The first-order valence-corrected chi connectivity index (χ1v) is 10.9. The summed E-state index contributed by atoms with van der Waals surface area (Å²) < 4.78 is 6.94. The summed E-state index contributed by atoms with van der Waals surface area (Å²) >= 11 is 1.56. The van der Waals surface area contributed by atoms with E-state index in [4.69, 9.17) is 4.74 Å². The van der Waals surface area contributed by atoms with Gasteiger partial charge in [-0.05, 0) is 30.7 Å². The van der Waals surface area contributed by atoms with Crippen LogP contribution in [0.1, 0.15) is 49.5 Å². The number of ether oxygens (including phenoxy) is 1. The number of nitrogens with zero attached hydrogens (tertiary/aromatic N) is 3. The lowest BCUT2D eigenvalue weighted by atomic mass is 9.89. The normalized spacial score (nSPS) is 23.8. The second-order valence-electron chi connectivity index (χ2n) is 8.08. The van der Waals surface area contributed by atoms with Gasteiger partial charge >= 0.3 is 0 Å². The topological polar surface area (TPSA) is 64.1 Å². The molecule has 2 N–H and O–H groups in total. The number of quaternary nitrogens is 1. The summed E-state index contributed by atoms with van der Waals surface area (Å²) in [6, 6.07) is 8.30. The van der Waals surface area contributed by atoms with E-state index in [2.05, 4.69) is 36.1 Å². The molecule has 0 bridgehead atoms. The minimum Gasteiger partial charge on any atom is -0.497 e. The van der Waals surface area contributed by atoms with Crippen LogP contribution >= 0.6 is 11.3 Å². The number of rotatable bonds is 5. The molecule has 1 aliphatic rings. The van der Waals surface area contributed by atoms with E-state index in [0.29, 0.717) is 11.8 Å². The van der Waals surface area contributed by atoms with Crippen LogP contribution in [0.4, 0.5) is 0 Å². The fourth-order valence-corrected chi connectivity index (χ4v) is 5.72. The third-order valence-corrected chi connectivity index (χ3v) is 6.79. The Bertz CT molecular complexity index is 939. The summed E-state index contributed by atoms with van der Waals surface area (Å²) in [5.74, 6) is 3.16. The van der Waals surface area contributed by atoms with E-state index in [1.165, 1.54) is 16.9 Å². The van der Waals surface area contributed by atoms with Crippen molar-refractivity contribution >= 4 is 16.3 Å². The van der Waals surface area contributed by atoms with Crippen LogP contribution in [0.5, 0.6) is 11.6 Å². The molecular weight excluding hydrogens is 372 g/mol. The first kappa shape index (κ1) is 19.2. The van der Waals surface area contributed by atoms with E-state index < -0.39 is 0 Å². The SMILES string of the molecule is CCc1nc2sc([C@H](c3ccc(OC)cc3)[NH+]3C[C@@H](C)C[C@H](C)C3)c(O)n2n1. The number of aryl methyl sites for hydroxylation is 1. The van der Waals surface area contributed by atoms with Gasteiger partial charge in [0.15, 0.2) is 11.9 Å². The van der Waals surface area contributed by atoms with E-state index in [1.54, 1.807) is 23.0 Å². The van der Waals surface area contributed by atoms with E-state index in [9.17, 15) is 5.11 Å². The lowest BCUT2D eigenvalue weighted by Gasteiger charge is -2.37. The Balaban J connectivity index is 1.80. The maximum Gasteiger partial charge on any atom is 0.235 e. The van der Waals surface area contributed by atoms with Gasteiger partial charge < -0.3 is 14.7 Å². The molecule has 28 heavy (non-hydrogen) atoms. The number of hydrogen-bond acceptors (Lipinski definition) is 5. The van der Waals surface area contributed by atoms with Crippen LogP contribution in [-0.2, 0) is 6.42 Å². The Morgan fingerprint density at radius 3 is 2.50 bits per heavy atom. The Hall–Kier alpha value is -2.12. The summed E-state index contributed by atoms with van der Waals surface area (Å²) in [7, 11) is 1.68. The maximum atomic E-state index is 11.0.